The summed E-state index contributed by atoms with van der Waals surface area (Å²) in [5, 5.41) is 17.3. The number of phenols is 2. The molecule has 1 aromatic carbocycles. The van der Waals surface area contributed by atoms with Crippen LogP contribution in [-0.4, -0.2) is 27.7 Å². The zero-order valence-electron chi connectivity index (χ0n) is 8.25. The van der Waals surface area contributed by atoms with Crippen molar-refractivity contribution in [2.24, 2.45) is 0 Å². The van der Waals surface area contributed by atoms with E-state index in [4.69, 9.17) is 27.7 Å². The SMILES string of the molecule is O=S(=O)([O-])[O-].Oc1ccccc1O.[K+].[K+]. The number of aromatic hydroxyl groups is 2. The molecule has 0 heterocycles. The summed E-state index contributed by atoms with van der Waals surface area (Å²) in [6.07, 6.45) is 0. The third-order valence-electron chi connectivity index (χ3n) is 0.882. The average Bonchev–Trinajstić information content (AvgIpc) is 1.92. The Morgan fingerprint density at radius 3 is 1.27 bits per heavy atom. The molecule has 0 bridgehead atoms. The number of hydrogen-bond acceptors (Lipinski definition) is 6. The Morgan fingerprint density at radius 2 is 1.13 bits per heavy atom. The van der Waals surface area contributed by atoms with Crippen LogP contribution in [0.1, 0.15) is 0 Å². The van der Waals surface area contributed by atoms with E-state index >= 15 is 0 Å². The molecular formula is C6H6K2O6S. The summed E-state index contributed by atoms with van der Waals surface area (Å²) in [4.78, 5) is 0. The van der Waals surface area contributed by atoms with E-state index in [0.29, 0.717) is 0 Å². The summed E-state index contributed by atoms with van der Waals surface area (Å²) in [6, 6.07) is 6.15. The summed E-state index contributed by atoms with van der Waals surface area (Å²) in [5.74, 6) is -0.153. The molecule has 0 aliphatic heterocycles. The molecule has 0 atom stereocenters. The molecule has 0 amide bonds. The Morgan fingerprint density at radius 1 is 0.933 bits per heavy atom. The van der Waals surface area contributed by atoms with Crippen molar-refractivity contribution in [1.82, 2.24) is 0 Å². The van der Waals surface area contributed by atoms with Gasteiger partial charge in [-0.15, -0.1) is 0 Å². The van der Waals surface area contributed by atoms with E-state index in [1.165, 1.54) is 12.1 Å². The number of para-hydroxylation sites is 2. The molecule has 1 aromatic rings. The van der Waals surface area contributed by atoms with E-state index in [-0.39, 0.29) is 114 Å². The molecule has 0 fully saturated rings. The fraction of sp³-hybridized carbons (Fsp3) is 0. The maximum Gasteiger partial charge on any atom is 1.00 e. The van der Waals surface area contributed by atoms with Crippen LogP contribution < -0.4 is 103 Å². The standard InChI is InChI=1S/C6H6O2.2K.H2O4S/c7-5-3-1-2-4-6(5)8;;;1-5(2,3)4/h1-4,7-8H;;;(H2,1,2,3,4)/q;2*+1;/p-2. The molecule has 6 nitrogen and oxygen atoms in total. The normalized spacial score (nSPS) is 8.67. The van der Waals surface area contributed by atoms with E-state index in [2.05, 4.69) is 0 Å². The first kappa shape index (κ1) is 22.2. The molecule has 0 saturated heterocycles. The van der Waals surface area contributed by atoms with Crippen molar-refractivity contribution in [2.75, 3.05) is 0 Å². The third-order valence-corrected chi connectivity index (χ3v) is 0.882. The van der Waals surface area contributed by atoms with Crippen molar-refractivity contribution >= 4 is 10.4 Å². The molecule has 74 valence electrons. The van der Waals surface area contributed by atoms with E-state index in [0.717, 1.165) is 0 Å². The number of phenolic OH excluding ortho intramolecular Hbond substituents is 2. The van der Waals surface area contributed by atoms with Crippen molar-refractivity contribution in [3.8, 4) is 11.5 Å². The van der Waals surface area contributed by atoms with Gasteiger partial charge in [0.1, 0.15) is 0 Å². The molecule has 0 radical (unpaired) electrons. The Hall–Kier alpha value is 1.96. The van der Waals surface area contributed by atoms with Gasteiger partial charge < -0.3 is 19.3 Å². The van der Waals surface area contributed by atoms with Gasteiger partial charge in [0, 0.05) is 10.4 Å². The smallest absolute Gasteiger partial charge is 0.759 e. The zero-order chi connectivity index (χ0) is 10.5. The maximum atomic E-state index is 8.67. The fourth-order valence-corrected chi connectivity index (χ4v) is 0.464. The number of hydrogen-bond donors (Lipinski definition) is 2. The summed E-state index contributed by atoms with van der Waals surface area (Å²) in [7, 11) is -5.17. The zero-order valence-corrected chi connectivity index (χ0v) is 15.3. The van der Waals surface area contributed by atoms with Gasteiger partial charge in [0.2, 0.25) is 0 Å². The first-order chi connectivity index (χ1) is 5.80. The summed E-state index contributed by atoms with van der Waals surface area (Å²) >= 11 is 0. The summed E-state index contributed by atoms with van der Waals surface area (Å²) < 4.78 is 34.1. The van der Waals surface area contributed by atoms with Gasteiger partial charge in [0.25, 0.3) is 0 Å². The second-order valence-electron chi connectivity index (χ2n) is 1.90. The third kappa shape index (κ3) is 18.5. The first-order valence-corrected chi connectivity index (χ1v) is 4.27. The minimum atomic E-state index is -5.17. The molecule has 9 heteroatoms. The molecule has 0 unspecified atom stereocenters. The number of benzene rings is 1. The Bertz CT molecular complexity index is 337. The Labute approximate surface area is 173 Å². The van der Waals surface area contributed by atoms with Crippen molar-refractivity contribution < 1.29 is 131 Å². The average molecular weight is 284 g/mol. The van der Waals surface area contributed by atoms with E-state index in [9.17, 15) is 0 Å². The van der Waals surface area contributed by atoms with Crippen LogP contribution in [0.25, 0.3) is 0 Å². The maximum absolute atomic E-state index is 8.67. The van der Waals surface area contributed by atoms with Gasteiger partial charge in [-0.2, -0.15) is 0 Å². The van der Waals surface area contributed by atoms with E-state index in [1.807, 2.05) is 0 Å². The van der Waals surface area contributed by atoms with Crippen molar-refractivity contribution in [3.63, 3.8) is 0 Å². The van der Waals surface area contributed by atoms with Crippen LogP contribution in [0.2, 0.25) is 0 Å². The molecule has 0 saturated carbocycles. The summed E-state index contributed by atoms with van der Waals surface area (Å²) in [5.41, 5.74) is 0. The van der Waals surface area contributed by atoms with Crippen molar-refractivity contribution in [1.29, 1.82) is 0 Å². The van der Waals surface area contributed by atoms with Gasteiger partial charge in [-0.3, -0.25) is 8.42 Å². The molecule has 0 spiro atoms. The molecule has 0 aliphatic rings. The first-order valence-electron chi connectivity index (χ1n) is 2.94. The Balaban J connectivity index is -0.000000185. The van der Waals surface area contributed by atoms with Gasteiger partial charge in [-0.05, 0) is 12.1 Å². The molecule has 15 heavy (non-hydrogen) atoms. The molecule has 2 N–H and O–H groups in total. The quantitative estimate of drug-likeness (QED) is 0.212. The molecule has 0 aliphatic carbocycles. The van der Waals surface area contributed by atoms with Crippen LogP contribution in [0.15, 0.2) is 24.3 Å². The molecule has 1 rings (SSSR count). The van der Waals surface area contributed by atoms with Crippen molar-refractivity contribution in [2.45, 2.75) is 0 Å². The van der Waals surface area contributed by atoms with Crippen LogP contribution >= 0.6 is 0 Å². The van der Waals surface area contributed by atoms with Crippen LogP contribution in [0.5, 0.6) is 11.5 Å². The van der Waals surface area contributed by atoms with E-state index < -0.39 is 10.4 Å². The second-order valence-corrected chi connectivity index (χ2v) is 2.71. The van der Waals surface area contributed by atoms with Gasteiger partial charge in [-0.25, -0.2) is 0 Å². The van der Waals surface area contributed by atoms with Crippen molar-refractivity contribution in [3.05, 3.63) is 24.3 Å². The summed E-state index contributed by atoms with van der Waals surface area (Å²) in [6.45, 7) is 0. The van der Waals surface area contributed by atoms with Gasteiger partial charge in [0.05, 0.1) is 0 Å². The van der Waals surface area contributed by atoms with Crippen LogP contribution in [0, 0.1) is 0 Å². The second kappa shape index (κ2) is 11.1. The number of rotatable bonds is 0. The van der Waals surface area contributed by atoms with Crippen LogP contribution in [0.3, 0.4) is 0 Å². The predicted octanol–water partition coefficient (Wildman–Crippen LogP) is -6.23. The molecular weight excluding hydrogens is 278 g/mol. The minimum absolute atomic E-state index is 0. The minimum Gasteiger partial charge on any atom is -0.759 e. The van der Waals surface area contributed by atoms with Gasteiger partial charge in [0.15, 0.2) is 11.5 Å². The largest absolute Gasteiger partial charge is 1.00 e. The van der Waals surface area contributed by atoms with Gasteiger partial charge >= 0.3 is 103 Å². The topological polar surface area (TPSA) is 121 Å². The van der Waals surface area contributed by atoms with E-state index in [1.54, 1.807) is 12.1 Å². The fourth-order valence-electron chi connectivity index (χ4n) is 0.464. The molecule has 0 aromatic heterocycles. The monoisotopic (exact) mass is 284 g/mol. The van der Waals surface area contributed by atoms with Crippen LogP contribution in [-0.2, 0) is 10.4 Å². The van der Waals surface area contributed by atoms with Crippen LogP contribution in [0.4, 0.5) is 0 Å². The predicted molar refractivity (Wildman–Crippen MR) is 40.2 cm³/mol. The Kier molecular flexibility index (Phi) is 16.4. The van der Waals surface area contributed by atoms with Gasteiger partial charge in [-0.1, -0.05) is 12.1 Å².